The van der Waals surface area contributed by atoms with Crippen LogP contribution in [-0.4, -0.2) is 64.0 Å². The van der Waals surface area contributed by atoms with E-state index in [1.54, 1.807) is 95.0 Å². The maximum absolute atomic E-state index is 13.8. The molecule has 10 heteroatoms. The van der Waals surface area contributed by atoms with Crippen LogP contribution in [-0.2, 0) is 22.4 Å². The van der Waals surface area contributed by atoms with Crippen molar-refractivity contribution in [2.24, 2.45) is 0 Å². The van der Waals surface area contributed by atoms with Crippen molar-refractivity contribution in [2.45, 2.75) is 24.9 Å². The Morgan fingerprint density at radius 3 is 1.23 bits per heavy atom. The number of nitrogens with zero attached hydrogens (tertiary/aromatic N) is 2. The second-order valence-corrected chi connectivity index (χ2v) is 12.2. The number of nitrogens with one attached hydrogen (secondary N) is 2. The number of anilines is 2. The van der Waals surface area contributed by atoms with E-state index in [9.17, 15) is 19.2 Å². The van der Waals surface area contributed by atoms with Gasteiger partial charge in [-0.15, -0.1) is 0 Å². The van der Waals surface area contributed by atoms with Crippen molar-refractivity contribution >= 4 is 35.0 Å². The molecule has 5 aromatic carbocycles. The lowest BCUT2D eigenvalue weighted by Crippen LogP contribution is -2.49. The van der Waals surface area contributed by atoms with E-state index in [1.807, 2.05) is 60.7 Å². The Kier molecular flexibility index (Phi) is 12.4. The molecule has 5 aromatic rings. The Morgan fingerprint density at radius 1 is 0.519 bits per heavy atom. The van der Waals surface area contributed by atoms with Crippen molar-refractivity contribution in [3.63, 3.8) is 0 Å². The van der Waals surface area contributed by atoms with E-state index in [-0.39, 0.29) is 35.8 Å². The molecule has 52 heavy (non-hydrogen) atoms. The van der Waals surface area contributed by atoms with Crippen LogP contribution in [0.4, 0.5) is 11.4 Å². The second-order valence-electron chi connectivity index (χ2n) is 12.2. The summed E-state index contributed by atoms with van der Waals surface area (Å²) in [7, 11) is 6.44. The number of ether oxygens (including phenoxy) is 2. The van der Waals surface area contributed by atoms with E-state index in [0.717, 1.165) is 11.1 Å². The normalized spacial score (nSPS) is 11.8. The molecule has 0 aliphatic rings. The predicted molar refractivity (Wildman–Crippen MR) is 202 cm³/mol. The number of amides is 4. The van der Waals surface area contributed by atoms with E-state index in [1.165, 1.54) is 15.9 Å². The van der Waals surface area contributed by atoms with Crippen molar-refractivity contribution in [2.75, 3.05) is 38.1 Å². The number of benzene rings is 5. The summed E-state index contributed by atoms with van der Waals surface area (Å²) in [5, 5.41) is 5.80. The Balaban J connectivity index is 1.35. The van der Waals surface area contributed by atoms with Gasteiger partial charge in [0.1, 0.15) is 23.6 Å². The summed E-state index contributed by atoms with van der Waals surface area (Å²) in [6.45, 7) is 0. The first-order chi connectivity index (χ1) is 25.2. The van der Waals surface area contributed by atoms with Crippen LogP contribution < -0.4 is 29.9 Å². The highest BCUT2D eigenvalue weighted by Gasteiger charge is 2.28. The van der Waals surface area contributed by atoms with E-state index >= 15 is 0 Å². The molecule has 0 aliphatic heterocycles. The van der Waals surface area contributed by atoms with Crippen LogP contribution in [0, 0.1) is 0 Å². The Morgan fingerprint density at radius 2 is 0.885 bits per heavy atom. The molecule has 0 aromatic heterocycles. The summed E-state index contributed by atoms with van der Waals surface area (Å²) in [5.74, 6) is -0.379. The zero-order chi connectivity index (χ0) is 37.0. The summed E-state index contributed by atoms with van der Waals surface area (Å²) >= 11 is 0. The summed E-state index contributed by atoms with van der Waals surface area (Å²) in [4.78, 5) is 58.1. The van der Waals surface area contributed by atoms with Crippen molar-refractivity contribution < 1.29 is 28.7 Å². The standard InChI is InChI=1S/C42H42N4O6/c1-45(33-18-22-35(51-3)23-19-33)41(49)37(26-29-12-7-5-8-13-29)43-39(47)31-16-11-17-32(28-31)40(48)44-38(27-30-14-9-6-10-15-30)42(50)46(2)34-20-24-36(52-4)25-21-34/h5-25,28,37-38H,26-27H2,1-4H3,(H,43,47)(H,44,48)/t37-,38-/m0/s1. The lowest BCUT2D eigenvalue weighted by molar-refractivity contribution is -0.120. The predicted octanol–water partition coefficient (Wildman–Crippen LogP) is 5.71. The first kappa shape index (κ1) is 36.9. The topological polar surface area (TPSA) is 117 Å². The van der Waals surface area contributed by atoms with E-state index < -0.39 is 23.9 Å². The molecule has 5 rings (SSSR count). The van der Waals surface area contributed by atoms with Gasteiger partial charge >= 0.3 is 0 Å². The summed E-state index contributed by atoms with van der Waals surface area (Å²) in [6, 6.07) is 37.3. The number of methoxy groups -OCH3 is 2. The van der Waals surface area contributed by atoms with E-state index in [0.29, 0.717) is 22.9 Å². The van der Waals surface area contributed by atoms with Crippen LogP contribution in [0.1, 0.15) is 31.8 Å². The zero-order valence-corrected chi connectivity index (χ0v) is 29.6. The van der Waals surface area contributed by atoms with Gasteiger partial charge in [0.2, 0.25) is 11.8 Å². The molecule has 0 unspecified atom stereocenters. The first-order valence-electron chi connectivity index (χ1n) is 16.8. The van der Waals surface area contributed by atoms with Crippen molar-refractivity contribution in [3.05, 3.63) is 156 Å². The third kappa shape index (κ3) is 9.42. The maximum Gasteiger partial charge on any atom is 0.251 e. The van der Waals surface area contributed by atoms with Gasteiger partial charge < -0.3 is 29.9 Å². The molecule has 2 N–H and O–H groups in total. The molecule has 0 saturated heterocycles. The monoisotopic (exact) mass is 698 g/mol. The minimum Gasteiger partial charge on any atom is -0.497 e. The fourth-order valence-electron chi connectivity index (χ4n) is 5.72. The summed E-state index contributed by atoms with van der Waals surface area (Å²) < 4.78 is 10.5. The zero-order valence-electron chi connectivity index (χ0n) is 29.6. The molecule has 266 valence electrons. The number of rotatable bonds is 14. The SMILES string of the molecule is COc1ccc(N(C)C(=O)[C@H](Cc2ccccc2)NC(=O)c2cccc(C(=O)N[C@@H](Cc3ccccc3)C(=O)N(C)c3ccc(OC)cc3)c2)cc1. The van der Waals surface area contributed by atoms with Crippen molar-refractivity contribution in [1.29, 1.82) is 0 Å². The largest absolute Gasteiger partial charge is 0.497 e. The van der Waals surface area contributed by atoms with Gasteiger partial charge in [-0.3, -0.25) is 19.2 Å². The number of hydrogen-bond acceptors (Lipinski definition) is 6. The van der Waals surface area contributed by atoms with Crippen LogP contribution in [0.15, 0.2) is 133 Å². The molecular weight excluding hydrogens is 656 g/mol. The third-order valence-corrected chi connectivity index (χ3v) is 8.74. The number of likely N-dealkylation sites (N-methyl/N-ethyl adjacent to an activating group) is 2. The molecule has 0 fully saturated rings. The van der Waals surface area contributed by atoms with E-state index in [2.05, 4.69) is 10.6 Å². The second kappa shape index (κ2) is 17.5. The highest BCUT2D eigenvalue weighted by molar-refractivity contribution is 6.05. The first-order valence-corrected chi connectivity index (χ1v) is 16.8. The third-order valence-electron chi connectivity index (χ3n) is 8.74. The molecule has 0 spiro atoms. The average Bonchev–Trinajstić information content (AvgIpc) is 3.20. The maximum atomic E-state index is 13.8. The average molecular weight is 699 g/mol. The van der Waals surface area contributed by atoms with Gasteiger partial charge in [0, 0.05) is 49.4 Å². The smallest absolute Gasteiger partial charge is 0.251 e. The highest BCUT2D eigenvalue weighted by Crippen LogP contribution is 2.21. The summed E-state index contributed by atoms with van der Waals surface area (Å²) in [5.41, 5.74) is 3.37. The quantitative estimate of drug-likeness (QED) is 0.154. The van der Waals surface area contributed by atoms with Crippen molar-refractivity contribution in [3.8, 4) is 11.5 Å². The molecule has 10 nitrogen and oxygen atoms in total. The number of hydrogen-bond donors (Lipinski definition) is 2. The molecule has 0 radical (unpaired) electrons. The fraction of sp³-hybridized carbons (Fsp3) is 0.190. The Labute approximate surface area is 304 Å². The molecule has 4 amide bonds. The lowest BCUT2D eigenvalue weighted by atomic mass is 10.0. The van der Waals surface area contributed by atoms with E-state index in [4.69, 9.17) is 9.47 Å². The van der Waals surface area contributed by atoms with Gasteiger partial charge in [0.05, 0.1) is 14.2 Å². The summed E-state index contributed by atoms with van der Waals surface area (Å²) in [6.07, 6.45) is 0.494. The highest BCUT2D eigenvalue weighted by atomic mass is 16.5. The molecule has 0 heterocycles. The van der Waals surface area contributed by atoms with Gasteiger partial charge in [-0.25, -0.2) is 0 Å². The van der Waals surface area contributed by atoms with Gasteiger partial charge in [-0.2, -0.15) is 0 Å². The Hall–Kier alpha value is -6.42. The van der Waals surface area contributed by atoms with Crippen molar-refractivity contribution in [1.82, 2.24) is 10.6 Å². The molecule has 2 atom stereocenters. The molecule has 0 saturated carbocycles. The number of carbonyl (C=O) groups excluding carboxylic acids is 4. The number of carbonyl (C=O) groups is 4. The fourth-order valence-corrected chi connectivity index (χ4v) is 5.72. The van der Waals surface area contributed by atoms with Gasteiger partial charge in [0.25, 0.3) is 11.8 Å². The van der Waals surface area contributed by atoms with Gasteiger partial charge in [-0.05, 0) is 77.9 Å². The lowest BCUT2D eigenvalue weighted by Gasteiger charge is -2.25. The minimum absolute atomic E-state index is 0.187. The molecule has 0 aliphatic carbocycles. The molecule has 0 bridgehead atoms. The Bertz CT molecular complexity index is 1830. The van der Waals surface area contributed by atoms with Crippen LogP contribution >= 0.6 is 0 Å². The molecular formula is C42H42N4O6. The van der Waals surface area contributed by atoms with Crippen LogP contribution in [0.5, 0.6) is 11.5 Å². The van der Waals surface area contributed by atoms with Crippen LogP contribution in [0.3, 0.4) is 0 Å². The van der Waals surface area contributed by atoms with Gasteiger partial charge in [-0.1, -0.05) is 66.7 Å². The van der Waals surface area contributed by atoms with Crippen LogP contribution in [0.2, 0.25) is 0 Å². The van der Waals surface area contributed by atoms with Crippen LogP contribution in [0.25, 0.3) is 0 Å². The van der Waals surface area contributed by atoms with Gasteiger partial charge in [0.15, 0.2) is 0 Å². The minimum atomic E-state index is -0.916.